The SMILES string of the molecule is CC(C)(C)C.CCO. The predicted molar refractivity (Wildman–Crippen MR) is 37.9 cm³/mol. The van der Waals surface area contributed by atoms with E-state index in [-0.39, 0.29) is 6.61 Å². The smallest absolute Gasteiger partial charge is 0.0402 e. The van der Waals surface area contributed by atoms with E-state index < -0.39 is 0 Å². The molecule has 0 aromatic carbocycles. The number of aliphatic hydroxyl groups is 1. The van der Waals surface area contributed by atoms with E-state index in [2.05, 4.69) is 27.7 Å². The minimum Gasteiger partial charge on any atom is -0.397 e. The molecule has 0 aromatic heterocycles. The molecule has 8 heavy (non-hydrogen) atoms. The summed E-state index contributed by atoms with van der Waals surface area (Å²) < 4.78 is 0. The van der Waals surface area contributed by atoms with E-state index in [1.54, 1.807) is 6.92 Å². The van der Waals surface area contributed by atoms with Crippen molar-refractivity contribution in [2.24, 2.45) is 5.41 Å². The lowest BCUT2D eigenvalue weighted by Gasteiger charge is -2.05. The fourth-order valence-corrected chi connectivity index (χ4v) is 0. The van der Waals surface area contributed by atoms with E-state index in [0.717, 1.165) is 0 Å². The van der Waals surface area contributed by atoms with Crippen molar-refractivity contribution in [1.82, 2.24) is 0 Å². The Hall–Kier alpha value is -0.0400. The zero-order valence-electron chi connectivity index (χ0n) is 6.65. The molecule has 0 aromatic rings. The summed E-state index contributed by atoms with van der Waals surface area (Å²) >= 11 is 0. The average molecular weight is 118 g/mol. The standard InChI is InChI=1S/C5H12.C2H6O/c1-5(2,3)4;1-2-3/h1-4H3;3H,2H2,1H3. The van der Waals surface area contributed by atoms with E-state index in [9.17, 15) is 0 Å². The van der Waals surface area contributed by atoms with Crippen molar-refractivity contribution in [3.8, 4) is 0 Å². The van der Waals surface area contributed by atoms with E-state index in [1.807, 2.05) is 0 Å². The molecule has 52 valence electrons. The van der Waals surface area contributed by atoms with E-state index >= 15 is 0 Å². The van der Waals surface area contributed by atoms with Gasteiger partial charge in [-0.25, -0.2) is 0 Å². The van der Waals surface area contributed by atoms with Crippen molar-refractivity contribution in [3.05, 3.63) is 0 Å². The second-order valence-corrected chi connectivity index (χ2v) is 3.32. The number of aliphatic hydroxyl groups excluding tert-OH is 1. The summed E-state index contributed by atoms with van der Waals surface area (Å²) in [6.45, 7) is 10.7. The van der Waals surface area contributed by atoms with Gasteiger partial charge in [0.15, 0.2) is 0 Å². The molecule has 1 heteroatoms. The largest absolute Gasteiger partial charge is 0.397 e. The molecule has 0 saturated carbocycles. The van der Waals surface area contributed by atoms with Gasteiger partial charge in [-0.3, -0.25) is 0 Å². The quantitative estimate of drug-likeness (QED) is 0.516. The molecule has 0 amide bonds. The van der Waals surface area contributed by atoms with Crippen molar-refractivity contribution in [2.45, 2.75) is 34.6 Å². The minimum absolute atomic E-state index is 0.250. The first-order chi connectivity index (χ1) is 3.41. The molecule has 1 N–H and O–H groups in total. The maximum atomic E-state index is 7.57. The van der Waals surface area contributed by atoms with Crippen molar-refractivity contribution in [1.29, 1.82) is 0 Å². The fourth-order valence-electron chi connectivity index (χ4n) is 0. The first-order valence-corrected chi connectivity index (χ1v) is 3.02. The molecule has 0 rings (SSSR count). The first kappa shape index (κ1) is 10.9. The molecule has 1 nitrogen and oxygen atoms in total. The molecule has 0 aliphatic carbocycles. The highest BCUT2D eigenvalue weighted by Gasteiger charge is 1.95. The highest BCUT2D eigenvalue weighted by molar-refractivity contribution is 4.47. The molecular weight excluding hydrogens is 100 g/mol. The van der Waals surface area contributed by atoms with E-state index in [1.165, 1.54) is 0 Å². The van der Waals surface area contributed by atoms with Crippen LogP contribution in [0, 0.1) is 5.41 Å². The van der Waals surface area contributed by atoms with Crippen LogP contribution in [0.15, 0.2) is 0 Å². The highest BCUT2D eigenvalue weighted by atomic mass is 16.2. The van der Waals surface area contributed by atoms with Crippen LogP contribution in [0.5, 0.6) is 0 Å². The summed E-state index contributed by atoms with van der Waals surface area (Å²) in [5, 5.41) is 7.57. The summed E-state index contributed by atoms with van der Waals surface area (Å²) in [6, 6.07) is 0. The van der Waals surface area contributed by atoms with Crippen LogP contribution in [0.1, 0.15) is 34.6 Å². The van der Waals surface area contributed by atoms with Crippen molar-refractivity contribution in [2.75, 3.05) is 6.61 Å². The highest BCUT2D eigenvalue weighted by Crippen LogP contribution is 2.07. The summed E-state index contributed by atoms with van der Waals surface area (Å²) in [5.74, 6) is 0. The molecule has 0 spiro atoms. The van der Waals surface area contributed by atoms with Gasteiger partial charge in [0.1, 0.15) is 0 Å². The topological polar surface area (TPSA) is 20.2 Å². The third-order valence-electron chi connectivity index (χ3n) is 0. The average Bonchev–Trinajstić information content (AvgIpc) is 1.27. The summed E-state index contributed by atoms with van der Waals surface area (Å²) in [5.41, 5.74) is 0.500. The minimum atomic E-state index is 0.250. The van der Waals surface area contributed by atoms with Crippen LogP contribution in [0.25, 0.3) is 0 Å². The molecule has 0 saturated heterocycles. The monoisotopic (exact) mass is 118 g/mol. The Morgan fingerprint density at radius 1 is 1.12 bits per heavy atom. The summed E-state index contributed by atoms with van der Waals surface area (Å²) in [4.78, 5) is 0. The van der Waals surface area contributed by atoms with Crippen LogP contribution < -0.4 is 0 Å². The normalized spacial score (nSPS) is 9.75. The lowest BCUT2D eigenvalue weighted by atomic mass is 10.0. The molecule has 0 fully saturated rings. The van der Waals surface area contributed by atoms with Crippen LogP contribution in [-0.4, -0.2) is 11.7 Å². The van der Waals surface area contributed by atoms with Gasteiger partial charge < -0.3 is 5.11 Å². The van der Waals surface area contributed by atoms with E-state index in [4.69, 9.17) is 5.11 Å². The zero-order chi connectivity index (χ0) is 7.21. The Morgan fingerprint density at radius 2 is 1.12 bits per heavy atom. The Balaban J connectivity index is 0. The molecule has 0 aliphatic heterocycles. The summed E-state index contributed by atoms with van der Waals surface area (Å²) in [6.07, 6.45) is 0. The van der Waals surface area contributed by atoms with Gasteiger partial charge in [-0.05, 0) is 12.3 Å². The lowest BCUT2D eigenvalue weighted by molar-refractivity contribution is 0.318. The second-order valence-electron chi connectivity index (χ2n) is 3.32. The van der Waals surface area contributed by atoms with Crippen molar-refractivity contribution < 1.29 is 5.11 Å². The lowest BCUT2D eigenvalue weighted by Crippen LogP contribution is -1.93. The van der Waals surface area contributed by atoms with E-state index in [0.29, 0.717) is 5.41 Å². The Kier molecular flexibility index (Phi) is 6.93. The number of rotatable bonds is 0. The number of hydrogen-bond donors (Lipinski definition) is 1. The van der Waals surface area contributed by atoms with Crippen LogP contribution >= 0.6 is 0 Å². The van der Waals surface area contributed by atoms with Crippen LogP contribution in [0.3, 0.4) is 0 Å². The molecule has 0 atom stereocenters. The van der Waals surface area contributed by atoms with Gasteiger partial charge in [0.25, 0.3) is 0 Å². The van der Waals surface area contributed by atoms with Crippen LogP contribution in [0.2, 0.25) is 0 Å². The molecule has 0 unspecified atom stereocenters. The first-order valence-electron chi connectivity index (χ1n) is 3.02. The van der Waals surface area contributed by atoms with Gasteiger partial charge in [-0.15, -0.1) is 0 Å². The zero-order valence-corrected chi connectivity index (χ0v) is 6.65. The van der Waals surface area contributed by atoms with Gasteiger partial charge in [0.05, 0.1) is 0 Å². The molecule has 0 aliphatic rings. The third kappa shape index (κ3) is 91600. The van der Waals surface area contributed by atoms with Crippen LogP contribution in [0.4, 0.5) is 0 Å². The summed E-state index contributed by atoms with van der Waals surface area (Å²) in [7, 11) is 0. The maximum Gasteiger partial charge on any atom is 0.0402 e. The predicted octanol–water partition coefficient (Wildman–Crippen LogP) is 2.05. The maximum absolute atomic E-state index is 7.57. The fraction of sp³-hybridized carbons (Fsp3) is 1.00. The van der Waals surface area contributed by atoms with Gasteiger partial charge in [0.2, 0.25) is 0 Å². The van der Waals surface area contributed by atoms with Gasteiger partial charge in [0, 0.05) is 6.61 Å². The molecular formula is C7H18O. The molecule has 0 radical (unpaired) electrons. The second kappa shape index (κ2) is 5.10. The van der Waals surface area contributed by atoms with Gasteiger partial charge >= 0.3 is 0 Å². The Labute approximate surface area is 52.7 Å². The van der Waals surface area contributed by atoms with Crippen LogP contribution in [-0.2, 0) is 0 Å². The third-order valence-corrected chi connectivity index (χ3v) is 0. The van der Waals surface area contributed by atoms with Crippen molar-refractivity contribution >= 4 is 0 Å². The molecule has 0 bridgehead atoms. The number of hydrogen-bond acceptors (Lipinski definition) is 1. The van der Waals surface area contributed by atoms with Crippen molar-refractivity contribution in [3.63, 3.8) is 0 Å². The van der Waals surface area contributed by atoms with Gasteiger partial charge in [-0.1, -0.05) is 27.7 Å². The molecule has 0 heterocycles. The Bertz CT molecular complexity index is 28.1. The van der Waals surface area contributed by atoms with Gasteiger partial charge in [-0.2, -0.15) is 0 Å². The Morgan fingerprint density at radius 3 is 1.12 bits per heavy atom.